The zero-order valence-electron chi connectivity index (χ0n) is 11.2. The van der Waals surface area contributed by atoms with Gasteiger partial charge in [-0.2, -0.15) is 0 Å². The predicted octanol–water partition coefficient (Wildman–Crippen LogP) is 3.40. The van der Waals surface area contributed by atoms with Crippen molar-refractivity contribution in [1.82, 2.24) is 4.98 Å². The monoisotopic (exact) mass is 269 g/mol. The van der Waals surface area contributed by atoms with Crippen LogP contribution in [0.2, 0.25) is 0 Å². The average Bonchev–Trinajstić information content (AvgIpc) is 2.84. The van der Waals surface area contributed by atoms with E-state index in [2.05, 4.69) is 16.4 Å². The van der Waals surface area contributed by atoms with Gasteiger partial charge in [0.15, 0.2) is 0 Å². The van der Waals surface area contributed by atoms with E-state index in [0.717, 1.165) is 24.2 Å². The van der Waals surface area contributed by atoms with Crippen molar-refractivity contribution in [3.05, 3.63) is 63.5 Å². The summed E-state index contributed by atoms with van der Waals surface area (Å²) >= 11 is 0. The number of anilines is 1. The van der Waals surface area contributed by atoms with Crippen molar-refractivity contribution in [1.29, 1.82) is 0 Å². The van der Waals surface area contributed by atoms with Crippen LogP contribution in [0.1, 0.15) is 29.3 Å². The first kappa shape index (κ1) is 12.6. The topological polar surface area (TPSA) is 68.1 Å². The van der Waals surface area contributed by atoms with E-state index in [1.165, 1.54) is 5.56 Å². The fraction of sp³-hybridized carbons (Fsp3) is 0.267. The van der Waals surface area contributed by atoms with Gasteiger partial charge in [-0.25, -0.2) is 0 Å². The highest BCUT2D eigenvalue weighted by atomic mass is 16.6. The molecule has 1 aliphatic carbocycles. The second kappa shape index (κ2) is 4.92. The molecule has 5 nitrogen and oxygen atoms in total. The quantitative estimate of drug-likeness (QED) is 0.685. The maximum absolute atomic E-state index is 11.0. The summed E-state index contributed by atoms with van der Waals surface area (Å²) in [6.07, 6.45) is 3.75. The number of aromatic nitrogens is 1. The highest BCUT2D eigenvalue weighted by molar-refractivity contribution is 5.56. The molecule has 5 heteroatoms. The highest BCUT2D eigenvalue weighted by Crippen LogP contribution is 2.33. The van der Waals surface area contributed by atoms with Crippen molar-refractivity contribution in [3.8, 4) is 0 Å². The van der Waals surface area contributed by atoms with Gasteiger partial charge in [0, 0.05) is 23.5 Å². The van der Waals surface area contributed by atoms with Gasteiger partial charge < -0.3 is 5.32 Å². The second-order valence-electron chi connectivity index (χ2n) is 5.04. The smallest absolute Gasteiger partial charge is 0.274 e. The number of rotatable bonds is 3. The molecule has 1 aromatic carbocycles. The molecule has 1 aromatic heterocycles. The predicted molar refractivity (Wildman–Crippen MR) is 76.8 cm³/mol. The third-order valence-corrected chi connectivity index (χ3v) is 3.71. The fourth-order valence-electron chi connectivity index (χ4n) is 2.65. The van der Waals surface area contributed by atoms with Gasteiger partial charge in [-0.3, -0.25) is 15.1 Å². The molecule has 1 heterocycles. The summed E-state index contributed by atoms with van der Waals surface area (Å²) in [7, 11) is 0. The van der Waals surface area contributed by atoms with Crippen molar-refractivity contribution < 1.29 is 4.92 Å². The van der Waals surface area contributed by atoms with Crippen LogP contribution in [-0.2, 0) is 6.42 Å². The molecule has 0 fully saturated rings. The minimum atomic E-state index is -0.346. The number of pyridine rings is 1. The van der Waals surface area contributed by atoms with Gasteiger partial charge in [0.2, 0.25) is 0 Å². The van der Waals surface area contributed by atoms with E-state index >= 15 is 0 Å². The maximum Gasteiger partial charge on any atom is 0.274 e. The van der Waals surface area contributed by atoms with E-state index in [0.29, 0.717) is 5.56 Å². The number of nitro groups is 1. The average molecular weight is 269 g/mol. The van der Waals surface area contributed by atoms with Gasteiger partial charge in [-0.1, -0.05) is 12.1 Å². The largest absolute Gasteiger partial charge is 0.376 e. The number of hydrogen-bond acceptors (Lipinski definition) is 4. The standard InChI is InChI=1S/C15H15N3O2/c1-10-4-6-12(9-14(10)18(19)20)17-13-7-5-11-3-2-8-16-15(11)13/h2-4,6,8-9,13,17H,5,7H2,1H3. The van der Waals surface area contributed by atoms with Crippen LogP contribution in [0.25, 0.3) is 0 Å². The molecule has 1 atom stereocenters. The third kappa shape index (κ3) is 2.22. The zero-order chi connectivity index (χ0) is 14.1. The normalized spacial score (nSPS) is 16.8. The minimum Gasteiger partial charge on any atom is -0.376 e. The minimum absolute atomic E-state index is 0.133. The van der Waals surface area contributed by atoms with E-state index in [1.54, 1.807) is 25.3 Å². The van der Waals surface area contributed by atoms with Crippen LogP contribution in [0.3, 0.4) is 0 Å². The number of benzene rings is 1. The fourth-order valence-corrected chi connectivity index (χ4v) is 2.65. The lowest BCUT2D eigenvalue weighted by molar-refractivity contribution is -0.385. The molecule has 1 unspecified atom stereocenters. The summed E-state index contributed by atoms with van der Waals surface area (Å²) in [6, 6.07) is 9.40. The van der Waals surface area contributed by atoms with Gasteiger partial charge in [0.1, 0.15) is 0 Å². The first-order valence-corrected chi connectivity index (χ1v) is 6.60. The van der Waals surface area contributed by atoms with Gasteiger partial charge in [0.05, 0.1) is 16.7 Å². The lowest BCUT2D eigenvalue weighted by atomic mass is 10.1. The maximum atomic E-state index is 11.0. The Morgan fingerprint density at radius 2 is 2.25 bits per heavy atom. The molecular formula is C15H15N3O2. The molecule has 0 bridgehead atoms. The summed E-state index contributed by atoms with van der Waals surface area (Å²) < 4.78 is 0. The molecule has 0 saturated carbocycles. The number of aryl methyl sites for hydroxylation is 2. The molecule has 1 aliphatic rings. The van der Waals surface area contributed by atoms with E-state index in [4.69, 9.17) is 0 Å². The first-order valence-electron chi connectivity index (χ1n) is 6.60. The Bertz CT molecular complexity index is 670. The molecule has 1 N–H and O–H groups in total. The Hall–Kier alpha value is -2.43. The van der Waals surface area contributed by atoms with Crippen molar-refractivity contribution in [2.24, 2.45) is 0 Å². The van der Waals surface area contributed by atoms with E-state index < -0.39 is 0 Å². The Morgan fingerprint density at radius 1 is 1.40 bits per heavy atom. The Kier molecular flexibility index (Phi) is 3.10. The summed E-state index contributed by atoms with van der Waals surface area (Å²) in [5.74, 6) is 0. The first-order chi connectivity index (χ1) is 9.65. The highest BCUT2D eigenvalue weighted by Gasteiger charge is 2.23. The van der Waals surface area contributed by atoms with E-state index in [1.807, 2.05) is 12.1 Å². The van der Waals surface area contributed by atoms with Crippen molar-refractivity contribution in [2.75, 3.05) is 5.32 Å². The van der Waals surface area contributed by atoms with Gasteiger partial charge in [-0.15, -0.1) is 0 Å². The van der Waals surface area contributed by atoms with Crippen molar-refractivity contribution in [3.63, 3.8) is 0 Å². The summed E-state index contributed by atoms with van der Waals surface area (Å²) in [6.45, 7) is 1.74. The molecule has 0 radical (unpaired) electrons. The van der Waals surface area contributed by atoms with Crippen LogP contribution < -0.4 is 5.32 Å². The van der Waals surface area contributed by atoms with Gasteiger partial charge in [-0.05, 0) is 37.5 Å². The molecule has 3 rings (SSSR count). The van der Waals surface area contributed by atoms with Crippen LogP contribution in [0, 0.1) is 17.0 Å². The number of nitrogens with one attached hydrogen (secondary N) is 1. The number of nitrogens with zero attached hydrogens (tertiary/aromatic N) is 2. The molecule has 0 amide bonds. The Balaban J connectivity index is 1.86. The Morgan fingerprint density at radius 3 is 3.05 bits per heavy atom. The lowest BCUT2D eigenvalue weighted by Gasteiger charge is -2.14. The van der Waals surface area contributed by atoms with Gasteiger partial charge >= 0.3 is 0 Å². The third-order valence-electron chi connectivity index (χ3n) is 3.71. The zero-order valence-corrected chi connectivity index (χ0v) is 11.2. The second-order valence-corrected chi connectivity index (χ2v) is 5.04. The molecule has 2 aromatic rings. The van der Waals surface area contributed by atoms with Crippen molar-refractivity contribution >= 4 is 11.4 Å². The van der Waals surface area contributed by atoms with Gasteiger partial charge in [0.25, 0.3) is 5.69 Å². The number of nitro benzene ring substituents is 1. The number of fused-ring (bicyclic) bond motifs is 1. The van der Waals surface area contributed by atoms with Crippen LogP contribution in [-0.4, -0.2) is 9.91 Å². The molecular weight excluding hydrogens is 254 g/mol. The summed E-state index contributed by atoms with van der Waals surface area (Å²) in [5.41, 5.74) is 3.90. The van der Waals surface area contributed by atoms with Crippen LogP contribution in [0.4, 0.5) is 11.4 Å². The summed E-state index contributed by atoms with van der Waals surface area (Å²) in [4.78, 5) is 15.0. The molecule has 0 spiro atoms. The summed E-state index contributed by atoms with van der Waals surface area (Å²) in [5, 5.41) is 14.3. The van der Waals surface area contributed by atoms with E-state index in [-0.39, 0.29) is 16.7 Å². The van der Waals surface area contributed by atoms with E-state index in [9.17, 15) is 10.1 Å². The SMILES string of the molecule is Cc1ccc(NC2CCc3cccnc32)cc1[N+](=O)[O-]. The molecule has 102 valence electrons. The van der Waals surface area contributed by atoms with Crippen LogP contribution in [0.15, 0.2) is 36.5 Å². The molecule has 0 aliphatic heterocycles. The molecule has 20 heavy (non-hydrogen) atoms. The van der Waals surface area contributed by atoms with Crippen molar-refractivity contribution in [2.45, 2.75) is 25.8 Å². The van der Waals surface area contributed by atoms with Crippen LogP contribution >= 0.6 is 0 Å². The number of hydrogen-bond donors (Lipinski definition) is 1. The lowest BCUT2D eigenvalue weighted by Crippen LogP contribution is -2.09. The molecule has 0 saturated heterocycles. The van der Waals surface area contributed by atoms with Crippen LogP contribution in [0.5, 0.6) is 0 Å². The Labute approximate surface area is 116 Å².